The van der Waals surface area contributed by atoms with Crippen molar-refractivity contribution in [3.8, 4) is 5.75 Å². The van der Waals surface area contributed by atoms with E-state index in [1.165, 1.54) is 7.11 Å². The molecule has 19 heavy (non-hydrogen) atoms. The molecule has 106 valence electrons. The summed E-state index contributed by atoms with van der Waals surface area (Å²) < 4.78 is 10.3. The lowest BCUT2D eigenvalue weighted by atomic mass is 10.1. The number of nitrogens with one attached hydrogen (secondary N) is 1. The highest BCUT2D eigenvalue weighted by atomic mass is 16.5. The lowest BCUT2D eigenvalue weighted by molar-refractivity contribution is -0.145. The highest BCUT2D eigenvalue weighted by molar-refractivity contribution is 5.73. The summed E-state index contributed by atoms with van der Waals surface area (Å²) in [6.07, 6.45) is 0.760. The molecule has 0 radical (unpaired) electrons. The number of hydrogen-bond acceptors (Lipinski definition) is 4. The number of benzene rings is 1. The van der Waals surface area contributed by atoms with Crippen LogP contribution < -0.4 is 10.1 Å². The molecular weight excluding hydrogens is 242 g/mol. The molecule has 1 N–H and O–H groups in total. The number of carbonyl (C=O) groups excluding carboxylic acids is 1. The molecule has 1 atom stereocenters. The minimum Gasteiger partial charge on any atom is -0.494 e. The second kappa shape index (κ2) is 7.67. The summed E-state index contributed by atoms with van der Waals surface area (Å²) in [6, 6.07) is 5.93. The van der Waals surface area contributed by atoms with E-state index in [0.717, 1.165) is 23.4 Å². The average Bonchev–Trinajstić information content (AvgIpc) is 2.42. The predicted molar refractivity (Wildman–Crippen MR) is 76.6 cm³/mol. The van der Waals surface area contributed by atoms with Crippen LogP contribution in [0.3, 0.4) is 0 Å². The predicted octanol–water partition coefficient (Wildman–Crippen LogP) is 3.00. The molecule has 0 saturated heterocycles. The zero-order valence-electron chi connectivity index (χ0n) is 12.2. The molecule has 1 aromatic carbocycles. The van der Waals surface area contributed by atoms with Crippen molar-refractivity contribution in [1.82, 2.24) is 0 Å². The van der Waals surface area contributed by atoms with E-state index in [9.17, 15) is 4.79 Å². The van der Waals surface area contributed by atoms with Crippen LogP contribution >= 0.6 is 0 Å². The van der Waals surface area contributed by atoms with Crippen molar-refractivity contribution < 1.29 is 14.3 Å². The van der Waals surface area contributed by atoms with Gasteiger partial charge in [-0.1, -0.05) is 6.92 Å². The lowest BCUT2D eigenvalue weighted by Crippen LogP contribution is -2.23. The van der Waals surface area contributed by atoms with Gasteiger partial charge in [-0.05, 0) is 44.0 Å². The van der Waals surface area contributed by atoms with E-state index in [1.54, 1.807) is 0 Å². The number of methoxy groups -OCH3 is 1. The Hall–Kier alpha value is -1.71. The maximum Gasteiger partial charge on any atom is 0.310 e. The largest absolute Gasteiger partial charge is 0.494 e. The molecule has 0 heterocycles. The summed E-state index contributed by atoms with van der Waals surface area (Å²) in [5.41, 5.74) is 2.07. The molecule has 0 fully saturated rings. The van der Waals surface area contributed by atoms with Gasteiger partial charge in [0, 0.05) is 12.2 Å². The Kier molecular flexibility index (Phi) is 6.19. The van der Waals surface area contributed by atoms with Gasteiger partial charge in [-0.25, -0.2) is 0 Å². The monoisotopic (exact) mass is 265 g/mol. The van der Waals surface area contributed by atoms with Crippen LogP contribution in [0.5, 0.6) is 5.75 Å². The van der Waals surface area contributed by atoms with Crippen molar-refractivity contribution in [3.05, 3.63) is 23.8 Å². The van der Waals surface area contributed by atoms with Crippen LogP contribution in [0.15, 0.2) is 18.2 Å². The number of carbonyl (C=O) groups is 1. The van der Waals surface area contributed by atoms with Crippen molar-refractivity contribution in [3.63, 3.8) is 0 Å². The maximum absolute atomic E-state index is 11.5. The summed E-state index contributed by atoms with van der Waals surface area (Å²) in [5.74, 6) is 0.614. The fraction of sp³-hybridized carbons (Fsp3) is 0.533. The zero-order chi connectivity index (χ0) is 14.3. The molecule has 0 aromatic heterocycles. The molecule has 1 unspecified atom stereocenters. The Labute approximate surface area is 115 Å². The third-order valence-corrected chi connectivity index (χ3v) is 3.05. The van der Waals surface area contributed by atoms with E-state index >= 15 is 0 Å². The van der Waals surface area contributed by atoms with Crippen molar-refractivity contribution >= 4 is 11.7 Å². The summed E-state index contributed by atoms with van der Waals surface area (Å²) in [4.78, 5) is 11.5. The minimum atomic E-state index is -0.169. The van der Waals surface area contributed by atoms with Crippen molar-refractivity contribution in [2.24, 2.45) is 5.92 Å². The van der Waals surface area contributed by atoms with Gasteiger partial charge in [-0.3, -0.25) is 4.79 Å². The molecule has 1 aromatic rings. The van der Waals surface area contributed by atoms with E-state index < -0.39 is 0 Å². The minimum absolute atomic E-state index is 0.114. The molecule has 0 aliphatic carbocycles. The number of rotatable bonds is 7. The Morgan fingerprint density at radius 1 is 1.37 bits per heavy atom. The van der Waals surface area contributed by atoms with Crippen LogP contribution in [0.2, 0.25) is 0 Å². The second-order valence-corrected chi connectivity index (χ2v) is 4.42. The molecule has 4 nitrogen and oxygen atoms in total. The topological polar surface area (TPSA) is 47.6 Å². The van der Waals surface area contributed by atoms with Crippen LogP contribution in [-0.4, -0.2) is 26.2 Å². The fourth-order valence-corrected chi connectivity index (χ4v) is 1.88. The Morgan fingerprint density at radius 3 is 2.63 bits per heavy atom. The van der Waals surface area contributed by atoms with E-state index in [2.05, 4.69) is 5.32 Å². The maximum atomic E-state index is 11.5. The summed E-state index contributed by atoms with van der Waals surface area (Å²) in [5, 5.41) is 3.26. The normalized spacial score (nSPS) is 11.8. The number of anilines is 1. The standard InChI is InChI=1S/C15H23NO3/c1-5-12(15(17)18-4)10-16-13-7-8-14(19-6-2)11(3)9-13/h7-9,12,16H,5-6,10H2,1-4H3. The quantitative estimate of drug-likeness (QED) is 0.770. The summed E-state index contributed by atoms with van der Waals surface area (Å²) >= 11 is 0. The van der Waals surface area contributed by atoms with E-state index in [-0.39, 0.29) is 11.9 Å². The van der Waals surface area contributed by atoms with Gasteiger partial charge in [-0.2, -0.15) is 0 Å². The fourth-order valence-electron chi connectivity index (χ4n) is 1.88. The molecule has 4 heteroatoms. The first-order valence-corrected chi connectivity index (χ1v) is 6.67. The van der Waals surface area contributed by atoms with Crippen LogP contribution in [0.1, 0.15) is 25.8 Å². The van der Waals surface area contributed by atoms with E-state index in [1.807, 2.05) is 39.0 Å². The van der Waals surface area contributed by atoms with Crippen LogP contribution in [0.4, 0.5) is 5.69 Å². The molecule has 1 rings (SSSR count). The van der Waals surface area contributed by atoms with Gasteiger partial charge >= 0.3 is 5.97 Å². The van der Waals surface area contributed by atoms with Crippen molar-refractivity contribution in [2.45, 2.75) is 27.2 Å². The number of ether oxygens (including phenoxy) is 2. The first-order valence-electron chi connectivity index (χ1n) is 6.67. The molecule has 0 aliphatic rings. The van der Waals surface area contributed by atoms with Crippen LogP contribution in [-0.2, 0) is 9.53 Å². The van der Waals surface area contributed by atoms with Gasteiger partial charge in [0.1, 0.15) is 5.75 Å². The van der Waals surface area contributed by atoms with Gasteiger partial charge in [-0.15, -0.1) is 0 Å². The van der Waals surface area contributed by atoms with E-state index in [4.69, 9.17) is 9.47 Å². The number of aryl methyl sites for hydroxylation is 1. The Bertz CT molecular complexity index is 418. The third kappa shape index (κ3) is 4.47. The van der Waals surface area contributed by atoms with Crippen molar-refractivity contribution in [2.75, 3.05) is 25.6 Å². The second-order valence-electron chi connectivity index (χ2n) is 4.42. The van der Waals surface area contributed by atoms with Gasteiger partial charge in [0.15, 0.2) is 0 Å². The van der Waals surface area contributed by atoms with Gasteiger partial charge in [0.25, 0.3) is 0 Å². The highest BCUT2D eigenvalue weighted by Gasteiger charge is 2.16. The first kappa shape index (κ1) is 15.3. The molecule has 0 amide bonds. The summed E-state index contributed by atoms with van der Waals surface area (Å²) in [7, 11) is 1.42. The molecule has 0 bridgehead atoms. The molecule has 0 spiro atoms. The first-order chi connectivity index (χ1) is 9.12. The van der Waals surface area contributed by atoms with E-state index in [0.29, 0.717) is 13.2 Å². The van der Waals surface area contributed by atoms with Gasteiger partial charge < -0.3 is 14.8 Å². The summed E-state index contributed by atoms with van der Waals surface area (Å²) in [6.45, 7) is 7.19. The Balaban J connectivity index is 2.62. The molecule has 0 saturated carbocycles. The zero-order valence-corrected chi connectivity index (χ0v) is 12.2. The Morgan fingerprint density at radius 2 is 2.11 bits per heavy atom. The van der Waals surface area contributed by atoms with Crippen LogP contribution in [0, 0.1) is 12.8 Å². The number of esters is 1. The smallest absolute Gasteiger partial charge is 0.310 e. The van der Waals surface area contributed by atoms with Crippen molar-refractivity contribution in [1.29, 1.82) is 0 Å². The van der Waals surface area contributed by atoms with Gasteiger partial charge in [0.2, 0.25) is 0 Å². The molecule has 0 aliphatic heterocycles. The van der Waals surface area contributed by atoms with Gasteiger partial charge in [0.05, 0.1) is 19.6 Å². The highest BCUT2D eigenvalue weighted by Crippen LogP contribution is 2.22. The SMILES string of the molecule is CCOc1ccc(NCC(CC)C(=O)OC)cc1C. The lowest BCUT2D eigenvalue weighted by Gasteiger charge is -2.15. The average molecular weight is 265 g/mol. The number of hydrogen-bond donors (Lipinski definition) is 1. The molecular formula is C15H23NO3. The van der Waals surface area contributed by atoms with Crippen LogP contribution in [0.25, 0.3) is 0 Å². The third-order valence-electron chi connectivity index (χ3n) is 3.05.